The molecule has 1 unspecified atom stereocenters. The number of aliphatic carboxylic acids is 1. The Hall–Kier alpha value is -1.75. The number of nitrogens with one attached hydrogen (secondary N) is 1. The van der Waals surface area contributed by atoms with E-state index in [1.165, 1.54) is 0 Å². The summed E-state index contributed by atoms with van der Waals surface area (Å²) in [5.41, 5.74) is -0.891. The molecule has 0 saturated carbocycles. The molecule has 1 rings (SSSR count). The van der Waals surface area contributed by atoms with Crippen molar-refractivity contribution in [2.75, 3.05) is 20.3 Å². The molecule has 5 heteroatoms. The Morgan fingerprint density at radius 2 is 1.90 bits per heavy atom. The maximum atomic E-state index is 11.2. The monoisotopic (exact) mass is 281 g/mol. The zero-order valence-corrected chi connectivity index (χ0v) is 12.3. The third kappa shape index (κ3) is 4.74. The first-order valence-corrected chi connectivity index (χ1v) is 6.77. The molecule has 0 spiro atoms. The van der Waals surface area contributed by atoms with Gasteiger partial charge in [-0.15, -0.1) is 0 Å². The molecule has 0 aromatic heterocycles. The standard InChI is InChI=1S/C15H23NO4/c1-4-9-15(2,14(17)18)16-10-11-20-13-7-5-12(19-3)6-8-13/h5-8,16H,4,9-11H2,1-3H3,(H,17,18). The van der Waals surface area contributed by atoms with Gasteiger partial charge in [0.05, 0.1) is 7.11 Å². The Morgan fingerprint density at radius 1 is 1.30 bits per heavy atom. The van der Waals surface area contributed by atoms with Gasteiger partial charge in [-0.3, -0.25) is 10.1 Å². The molecule has 1 aromatic rings. The average molecular weight is 281 g/mol. The predicted octanol–water partition coefficient (Wildman–Crippen LogP) is 2.31. The van der Waals surface area contributed by atoms with Crippen molar-refractivity contribution in [3.63, 3.8) is 0 Å². The van der Waals surface area contributed by atoms with Crippen LogP contribution in [0.5, 0.6) is 11.5 Å². The summed E-state index contributed by atoms with van der Waals surface area (Å²) in [6, 6.07) is 7.28. The smallest absolute Gasteiger partial charge is 0.323 e. The van der Waals surface area contributed by atoms with E-state index in [1.807, 2.05) is 31.2 Å². The fourth-order valence-corrected chi connectivity index (χ4v) is 1.94. The molecule has 0 bridgehead atoms. The van der Waals surface area contributed by atoms with Gasteiger partial charge in [-0.1, -0.05) is 13.3 Å². The van der Waals surface area contributed by atoms with Crippen LogP contribution in [0.1, 0.15) is 26.7 Å². The molecule has 2 N–H and O–H groups in total. The van der Waals surface area contributed by atoms with Crippen molar-refractivity contribution < 1.29 is 19.4 Å². The van der Waals surface area contributed by atoms with Crippen molar-refractivity contribution in [1.82, 2.24) is 5.32 Å². The van der Waals surface area contributed by atoms with Gasteiger partial charge in [-0.2, -0.15) is 0 Å². The van der Waals surface area contributed by atoms with E-state index in [9.17, 15) is 9.90 Å². The molecule has 0 aliphatic rings. The van der Waals surface area contributed by atoms with Crippen LogP contribution in [0.2, 0.25) is 0 Å². The zero-order chi connectivity index (χ0) is 15.0. The molecule has 0 fully saturated rings. The van der Waals surface area contributed by atoms with Crippen LogP contribution >= 0.6 is 0 Å². The minimum Gasteiger partial charge on any atom is -0.497 e. The van der Waals surface area contributed by atoms with Crippen LogP contribution in [0.4, 0.5) is 0 Å². The van der Waals surface area contributed by atoms with E-state index in [4.69, 9.17) is 9.47 Å². The number of hydrogen-bond donors (Lipinski definition) is 2. The van der Waals surface area contributed by atoms with E-state index in [0.29, 0.717) is 19.6 Å². The van der Waals surface area contributed by atoms with Crippen LogP contribution in [0, 0.1) is 0 Å². The molecule has 5 nitrogen and oxygen atoms in total. The Bertz CT molecular complexity index is 418. The van der Waals surface area contributed by atoms with Gasteiger partial charge in [0.1, 0.15) is 23.6 Å². The number of ether oxygens (including phenoxy) is 2. The molecule has 0 aliphatic carbocycles. The summed E-state index contributed by atoms with van der Waals surface area (Å²) >= 11 is 0. The van der Waals surface area contributed by atoms with Gasteiger partial charge < -0.3 is 14.6 Å². The zero-order valence-electron chi connectivity index (χ0n) is 12.3. The number of benzene rings is 1. The normalized spacial score (nSPS) is 13.6. The number of carbonyl (C=O) groups is 1. The second-order valence-electron chi connectivity index (χ2n) is 4.84. The highest BCUT2D eigenvalue weighted by Gasteiger charge is 2.30. The second-order valence-corrected chi connectivity index (χ2v) is 4.84. The van der Waals surface area contributed by atoms with Crippen molar-refractivity contribution >= 4 is 5.97 Å². The molecule has 112 valence electrons. The van der Waals surface area contributed by atoms with E-state index in [1.54, 1.807) is 14.0 Å². The van der Waals surface area contributed by atoms with Crippen molar-refractivity contribution in [2.45, 2.75) is 32.2 Å². The molecule has 1 atom stereocenters. The lowest BCUT2D eigenvalue weighted by molar-refractivity contribution is -0.144. The summed E-state index contributed by atoms with van der Waals surface area (Å²) in [6.45, 7) is 4.57. The molecule has 0 aliphatic heterocycles. The molecule has 20 heavy (non-hydrogen) atoms. The van der Waals surface area contributed by atoms with Crippen molar-refractivity contribution in [3.8, 4) is 11.5 Å². The number of hydrogen-bond acceptors (Lipinski definition) is 4. The summed E-state index contributed by atoms with van der Waals surface area (Å²) in [7, 11) is 1.61. The lowest BCUT2D eigenvalue weighted by Crippen LogP contribution is -2.50. The van der Waals surface area contributed by atoms with Gasteiger partial charge in [0.2, 0.25) is 0 Å². The third-order valence-corrected chi connectivity index (χ3v) is 3.17. The fourth-order valence-electron chi connectivity index (χ4n) is 1.94. The van der Waals surface area contributed by atoms with E-state index < -0.39 is 11.5 Å². The Kier molecular flexibility index (Phi) is 6.31. The van der Waals surface area contributed by atoms with Crippen molar-refractivity contribution in [3.05, 3.63) is 24.3 Å². The van der Waals surface area contributed by atoms with E-state index >= 15 is 0 Å². The van der Waals surface area contributed by atoms with Gasteiger partial charge in [-0.05, 0) is 37.6 Å². The summed E-state index contributed by atoms with van der Waals surface area (Å²) in [5, 5.41) is 12.3. The Balaban J connectivity index is 2.37. The predicted molar refractivity (Wildman–Crippen MR) is 77.4 cm³/mol. The molecule has 0 heterocycles. The van der Waals surface area contributed by atoms with Gasteiger partial charge in [-0.25, -0.2) is 0 Å². The number of rotatable bonds is 9. The lowest BCUT2D eigenvalue weighted by atomic mass is 9.96. The highest BCUT2D eigenvalue weighted by molar-refractivity contribution is 5.78. The van der Waals surface area contributed by atoms with Gasteiger partial charge in [0.25, 0.3) is 0 Å². The van der Waals surface area contributed by atoms with Crippen molar-refractivity contribution in [2.24, 2.45) is 0 Å². The summed E-state index contributed by atoms with van der Waals surface area (Å²) in [4.78, 5) is 11.2. The Morgan fingerprint density at radius 3 is 2.40 bits per heavy atom. The largest absolute Gasteiger partial charge is 0.497 e. The van der Waals surface area contributed by atoms with Crippen LogP contribution in [-0.2, 0) is 4.79 Å². The second kappa shape index (κ2) is 7.75. The first-order valence-electron chi connectivity index (χ1n) is 6.77. The molecular formula is C15H23NO4. The Labute approximate surface area is 119 Å². The van der Waals surface area contributed by atoms with Gasteiger partial charge >= 0.3 is 5.97 Å². The maximum Gasteiger partial charge on any atom is 0.323 e. The van der Waals surface area contributed by atoms with E-state index in [-0.39, 0.29) is 0 Å². The number of carboxylic acid groups (broad SMARTS) is 1. The highest BCUT2D eigenvalue weighted by atomic mass is 16.5. The molecule has 0 amide bonds. The van der Waals surface area contributed by atoms with Gasteiger partial charge in [0.15, 0.2) is 0 Å². The molecular weight excluding hydrogens is 258 g/mol. The molecule has 0 saturated heterocycles. The topological polar surface area (TPSA) is 67.8 Å². The summed E-state index contributed by atoms with van der Waals surface area (Å²) < 4.78 is 10.6. The van der Waals surface area contributed by atoms with E-state index in [2.05, 4.69) is 5.32 Å². The SMILES string of the molecule is CCCC(C)(NCCOc1ccc(OC)cc1)C(=O)O. The summed E-state index contributed by atoms with van der Waals surface area (Å²) in [6.07, 6.45) is 1.40. The van der Waals surface area contributed by atoms with Crippen LogP contribution in [-0.4, -0.2) is 36.9 Å². The van der Waals surface area contributed by atoms with E-state index in [0.717, 1.165) is 17.9 Å². The number of methoxy groups -OCH3 is 1. The van der Waals surface area contributed by atoms with Crippen LogP contribution in [0.25, 0.3) is 0 Å². The average Bonchev–Trinajstić information content (AvgIpc) is 2.44. The van der Waals surface area contributed by atoms with Crippen LogP contribution < -0.4 is 14.8 Å². The first-order chi connectivity index (χ1) is 9.51. The number of carboxylic acids is 1. The lowest BCUT2D eigenvalue weighted by Gasteiger charge is -2.25. The molecule has 1 aromatic carbocycles. The highest BCUT2D eigenvalue weighted by Crippen LogP contribution is 2.17. The fraction of sp³-hybridized carbons (Fsp3) is 0.533. The minimum atomic E-state index is -0.891. The summed E-state index contributed by atoms with van der Waals surface area (Å²) in [5.74, 6) is 0.681. The maximum absolute atomic E-state index is 11.2. The van der Waals surface area contributed by atoms with Crippen molar-refractivity contribution in [1.29, 1.82) is 0 Å². The molecule has 0 radical (unpaired) electrons. The van der Waals surface area contributed by atoms with Gasteiger partial charge in [0, 0.05) is 6.54 Å². The quantitative estimate of drug-likeness (QED) is 0.680. The minimum absolute atomic E-state index is 0.416. The first kappa shape index (κ1) is 16.3. The third-order valence-electron chi connectivity index (χ3n) is 3.17. The van der Waals surface area contributed by atoms with Crippen LogP contribution in [0.15, 0.2) is 24.3 Å². The van der Waals surface area contributed by atoms with Crippen LogP contribution in [0.3, 0.4) is 0 Å².